The molecular formula is C13H12. The predicted octanol–water partition coefficient (Wildman–Crippen LogP) is 3.59. The lowest BCUT2D eigenvalue weighted by Crippen LogP contribution is -1.80. The first-order chi connectivity index (χ1) is 6.47. The van der Waals surface area contributed by atoms with Crippen molar-refractivity contribution >= 4 is 5.57 Å². The van der Waals surface area contributed by atoms with Gasteiger partial charge in [-0.3, -0.25) is 0 Å². The summed E-state index contributed by atoms with van der Waals surface area (Å²) in [5, 5.41) is 0. The molecule has 0 saturated heterocycles. The zero-order valence-corrected chi connectivity index (χ0v) is 7.48. The normalized spacial score (nSPS) is 15.2. The number of allylic oxidation sites excluding steroid dienone is 6. The van der Waals surface area contributed by atoms with Gasteiger partial charge in [0, 0.05) is 0 Å². The minimum atomic E-state index is 1.02. The Labute approximate surface area is 78.9 Å². The van der Waals surface area contributed by atoms with Crippen molar-refractivity contribution < 1.29 is 0 Å². The van der Waals surface area contributed by atoms with Crippen molar-refractivity contribution in [2.24, 2.45) is 0 Å². The predicted molar refractivity (Wildman–Crippen MR) is 57.3 cm³/mol. The van der Waals surface area contributed by atoms with Crippen LogP contribution < -0.4 is 0 Å². The van der Waals surface area contributed by atoms with Gasteiger partial charge in [0.05, 0.1) is 0 Å². The Bertz CT molecular complexity index is 353. The van der Waals surface area contributed by atoms with Crippen LogP contribution in [-0.2, 0) is 0 Å². The Morgan fingerprint density at radius 3 is 2.54 bits per heavy atom. The number of benzene rings is 1. The van der Waals surface area contributed by atoms with Gasteiger partial charge in [0.2, 0.25) is 0 Å². The first kappa shape index (κ1) is 8.06. The van der Waals surface area contributed by atoms with E-state index in [9.17, 15) is 0 Å². The molecule has 0 nitrogen and oxygen atoms in total. The van der Waals surface area contributed by atoms with Gasteiger partial charge < -0.3 is 0 Å². The molecule has 0 amide bonds. The molecular weight excluding hydrogens is 156 g/mol. The van der Waals surface area contributed by atoms with Gasteiger partial charge in [-0.25, -0.2) is 0 Å². The molecule has 1 aliphatic carbocycles. The van der Waals surface area contributed by atoms with Crippen LogP contribution in [0.25, 0.3) is 5.57 Å². The Morgan fingerprint density at radius 2 is 1.69 bits per heavy atom. The van der Waals surface area contributed by atoms with Crippen molar-refractivity contribution in [3.05, 3.63) is 66.3 Å². The second-order valence-electron chi connectivity index (χ2n) is 3.08. The molecule has 0 radical (unpaired) electrons. The topological polar surface area (TPSA) is 0 Å². The van der Waals surface area contributed by atoms with Crippen LogP contribution in [0, 0.1) is 0 Å². The molecule has 64 valence electrons. The highest BCUT2D eigenvalue weighted by atomic mass is 14.0. The Kier molecular flexibility index (Phi) is 2.42. The van der Waals surface area contributed by atoms with Crippen LogP contribution >= 0.6 is 0 Å². The van der Waals surface area contributed by atoms with E-state index in [1.54, 1.807) is 0 Å². The van der Waals surface area contributed by atoms with Crippen molar-refractivity contribution in [2.75, 3.05) is 0 Å². The minimum absolute atomic E-state index is 1.02. The maximum Gasteiger partial charge on any atom is -0.00884 e. The van der Waals surface area contributed by atoms with Crippen molar-refractivity contribution in [2.45, 2.75) is 6.42 Å². The van der Waals surface area contributed by atoms with Gasteiger partial charge >= 0.3 is 0 Å². The molecule has 0 N–H and O–H groups in total. The van der Waals surface area contributed by atoms with Crippen molar-refractivity contribution in [1.82, 2.24) is 0 Å². The van der Waals surface area contributed by atoms with Crippen LogP contribution in [0.15, 0.2) is 60.7 Å². The highest BCUT2D eigenvalue weighted by Gasteiger charge is 1.97. The smallest absolute Gasteiger partial charge is 0.00884 e. The molecule has 0 unspecified atom stereocenters. The molecule has 2 rings (SSSR count). The van der Waals surface area contributed by atoms with Crippen LogP contribution in [-0.4, -0.2) is 0 Å². The third-order valence-electron chi connectivity index (χ3n) is 2.14. The van der Waals surface area contributed by atoms with Crippen LogP contribution in [0.1, 0.15) is 12.0 Å². The first-order valence-corrected chi connectivity index (χ1v) is 4.54. The van der Waals surface area contributed by atoms with Gasteiger partial charge in [-0.2, -0.15) is 0 Å². The van der Waals surface area contributed by atoms with E-state index in [1.165, 1.54) is 11.1 Å². The molecule has 0 aromatic heterocycles. The van der Waals surface area contributed by atoms with Crippen LogP contribution in [0.4, 0.5) is 0 Å². The highest BCUT2D eigenvalue weighted by molar-refractivity contribution is 5.68. The minimum Gasteiger partial charge on any atom is -0.0801 e. The molecule has 0 aliphatic heterocycles. The summed E-state index contributed by atoms with van der Waals surface area (Å²) >= 11 is 0. The average Bonchev–Trinajstić information content (AvgIpc) is 2.47. The molecule has 1 aromatic rings. The van der Waals surface area contributed by atoms with E-state index < -0.39 is 0 Å². The maximum absolute atomic E-state index is 2.18. The summed E-state index contributed by atoms with van der Waals surface area (Å²) in [4.78, 5) is 0. The van der Waals surface area contributed by atoms with Crippen LogP contribution in [0.5, 0.6) is 0 Å². The van der Waals surface area contributed by atoms with Gasteiger partial charge in [0.25, 0.3) is 0 Å². The number of hydrogen-bond acceptors (Lipinski definition) is 0. The van der Waals surface area contributed by atoms with Gasteiger partial charge in [0.1, 0.15) is 0 Å². The monoisotopic (exact) mass is 168 g/mol. The summed E-state index contributed by atoms with van der Waals surface area (Å²) in [6.07, 6.45) is 11.6. The van der Waals surface area contributed by atoms with Crippen molar-refractivity contribution in [3.8, 4) is 0 Å². The zero-order valence-electron chi connectivity index (χ0n) is 7.48. The third-order valence-corrected chi connectivity index (χ3v) is 2.14. The standard InChI is InChI=1S/C13H12/c1-2-5-9-12(8-4-1)13-10-6-3-7-11-13/h1-8,10-11H,9H2. The van der Waals surface area contributed by atoms with Gasteiger partial charge in [-0.05, 0) is 17.6 Å². The third kappa shape index (κ3) is 1.97. The fourth-order valence-corrected chi connectivity index (χ4v) is 1.44. The second-order valence-corrected chi connectivity index (χ2v) is 3.08. The number of rotatable bonds is 1. The van der Waals surface area contributed by atoms with E-state index in [0.717, 1.165) is 6.42 Å². The average molecular weight is 168 g/mol. The van der Waals surface area contributed by atoms with E-state index in [-0.39, 0.29) is 0 Å². The Balaban J connectivity index is 2.32. The van der Waals surface area contributed by atoms with E-state index in [1.807, 2.05) is 6.07 Å². The molecule has 1 aromatic carbocycles. The maximum atomic E-state index is 2.18. The Morgan fingerprint density at radius 1 is 0.846 bits per heavy atom. The number of hydrogen-bond donors (Lipinski definition) is 0. The summed E-state index contributed by atoms with van der Waals surface area (Å²) in [7, 11) is 0. The fourth-order valence-electron chi connectivity index (χ4n) is 1.44. The molecule has 0 heteroatoms. The summed E-state index contributed by atoms with van der Waals surface area (Å²) in [5.41, 5.74) is 2.70. The molecule has 0 saturated carbocycles. The van der Waals surface area contributed by atoms with E-state index in [2.05, 4.69) is 54.6 Å². The summed E-state index contributed by atoms with van der Waals surface area (Å²) < 4.78 is 0. The van der Waals surface area contributed by atoms with Crippen LogP contribution in [0.2, 0.25) is 0 Å². The quantitative estimate of drug-likeness (QED) is 0.601. The van der Waals surface area contributed by atoms with Crippen molar-refractivity contribution in [1.29, 1.82) is 0 Å². The van der Waals surface area contributed by atoms with E-state index in [0.29, 0.717) is 0 Å². The highest BCUT2D eigenvalue weighted by Crippen LogP contribution is 2.19. The van der Waals surface area contributed by atoms with Gasteiger partial charge in [-0.1, -0.05) is 60.7 Å². The molecule has 0 fully saturated rings. The summed E-state index contributed by atoms with van der Waals surface area (Å²) in [6, 6.07) is 10.5. The first-order valence-electron chi connectivity index (χ1n) is 4.54. The lowest BCUT2D eigenvalue weighted by atomic mass is 10.0. The van der Waals surface area contributed by atoms with Crippen LogP contribution in [0.3, 0.4) is 0 Å². The van der Waals surface area contributed by atoms with Crippen molar-refractivity contribution in [3.63, 3.8) is 0 Å². The fraction of sp³-hybridized carbons (Fsp3) is 0.0769. The molecule has 0 heterocycles. The van der Waals surface area contributed by atoms with E-state index >= 15 is 0 Å². The second kappa shape index (κ2) is 3.90. The van der Waals surface area contributed by atoms with E-state index in [4.69, 9.17) is 0 Å². The SMILES string of the molecule is C1=CC=C(c2ccccc2)CC=C1. The zero-order chi connectivity index (χ0) is 8.93. The summed E-state index contributed by atoms with van der Waals surface area (Å²) in [6.45, 7) is 0. The lowest BCUT2D eigenvalue weighted by molar-refractivity contribution is 1.40. The molecule has 0 atom stereocenters. The molecule has 13 heavy (non-hydrogen) atoms. The van der Waals surface area contributed by atoms with Gasteiger partial charge in [-0.15, -0.1) is 0 Å². The summed E-state index contributed by atoms with van der Waals surface area (Å²) in [5.74, 6) is 0. The lowest BCUT2D eigenvalue weighted by Gasteiger charge is -2.02. The largest absolute Gasteiger partial charge is 0.0801 e. The molecule has 1 aliphatic rings. The molecule has 0 spiro atoms. The van der Waals surface area contributed by atoms with Gasteiger partial charge in [0.15, 0.2) is 0 Å². The Hall–Kier alpha value is -1.56. The molecule has 0 bridgehead atoms.